The number of rotatable bonds is 5. The third-order valence-electron chi connectivity index (χ3n) is 4.96. The number of alkyl halides is 3. The number of piperazine rings is 1. The van der Waals surface area contributed by atoms with Crippen LogP contribution in [-0.4, -0.2) is 80.7 Å². The minimum absolute atomic E-state index is 0. The quantitative estimate of drug-likeness (QED) is 0.351. The molecule has 0 saturated carbocycles. The molecule has 0 aliphatic carbocycles. The van der Waals surface area contributed by atoms with Crippen molar-refractivity contribution >= 4 is 35.8 Å². The minimum atomic E-state index is -4.20. The Kier molecular flexibility index (Phi) is 10.2. The van der Waals surface area contributed by atoms with Gasteiger partial charge in [0, 0.05) is 52.4 Å². The zero-order chi connectivity index (χ0) is 20.7. The molecular formula is C19H29F3IN5O. The molecule has 1 aromatic carbocycles. The number of amides is 1. The van der Waals surface area contributed by atoms with E-state index in [0.717, 1.165) is 5.56 Å². The van der Waals surface area contributed by atoms with E-state index in [1.165, 1.54) is 11.8 Å². The maximum atomic E-state index is 12.9. The number of nitrogens with zero attached hydrogens (tertiary/aromatic N) is 3. The van der Waals surface area contributed by atoms with Crippen LogP contribution in [0.15, 0.2) is 29.3 Å². The van der Waals surface area contributed by atoms with E-state index in [2.05, 4.69) is 15.6 Å². The van der Waals surface area contributed by atoms with E-state index in [1.807, 2.05) is 23.1 Å². The van der Waals surface area contributed by atoms with Crippen molar-refractivity contribution in [3.05, 3.63) is 35.4 Å². The molecule has 1 heterocycles. The first kappa shape index (κ1) is 25.5. The van der Waals surface area contributed by atoms with Gasteiger partial charge in [-0.3, -0.25) is 14.7 Å². The first-order valence-corrected chi connectivity index (χ1v) is 9.33. The van der Waals surface area contributed by atoms with Gasteiger partial charge >= 0.3 is 6.18 Å². The molecule has 0 bridgehead atoms. The summed E-state index contributed by atoms with van der Waals surface area (Å²) in [5, 5.41) is 5.86. The fourth-order valence-corrected chi connectivity index (χ4v) is 3.19. The highest BCUT2D eigenvalue weighted by Crippen LogP contribution is 2.25. The lowest BCUT2D eigenvalue weighted by atomic mass is 10.1. The Hall–Kier alpha value is -1.56. The van der Waals surface area contributed by atoms with E-state index in [-0.39, 0.29) is 29.9 Å². The maximum absolute atomic E-state index is 12.9. The summed E-state index contributed by atoms with van der Waals surface area (Å²) in [4.78, 5) is 19.4. The zero-order valence-corrected chi connectivity index (χ0v) is 19.3. The van der Waals surface area contributed by atoms with Crippen molar-refractivity contribution < 1.29 is 18.0 Å². The lowest BCUT2D eigenvalue weighted by molar-refractivity contribution is -0.181. The Bertz CT molecular complexity index is 691. The van der Waals surface area contributed by atoms with Gasteiger partial charge in [-0.1, -0.05) is 12.1 Å². The summed E-state index contributed by atoms with van der Waals surface area (Å²) in [6, 6.07) is 5.97. The molecule has 29 heavy (non-hydrogen) atoms. The van der Waals surface area contributed by atoms with Crippen LogP contribution in [0.4, 0.5) is 13.2 Å². The van der Waals surface area contributed by atoms with Gasteiger partial charge in [-0.15, -0.1) is 24.0 Å². The van der Waals surface area contributed by atoms with E-state index in [1.54, 1.807) is 20.2 Å². The first-order chi connectivity index (χ1) is 13.3. The SMILES string of the molecule is CN=C(NCCc1cccc(C(=O)NC)c1)N1CCN(C(C)C(F)(F)F)CC1.I. The second-order valence-corrected chi connectivity index (χ2v) is 6.74. The predicted octanol–water partition coefficient (Wildman–Crippen LogP) is 2.35. The number of benzene rings is 1. The summed E-state index contributed by atoms with van der Waals surface area (Å²) in [5.74, 6) is 0.554. The van der Waals surface area contributed by atoms with Gasteiger partial charge in [-0.25, -0.2) is 0 Å². The van der Waals surface area contributed by atoms with Gasteiger partial charge in [0.2, 0.25) is 0 Å². The van der Waals surface area contributed by atoms with Gasteiger partial charge in [0.05, 0.1) is 0 Å². The highest BCUT2D eigenvalue weighted by Gasteiger charge is 2.41. The Balaban J connectivity index is 0.00000420. The maximum Gasteiger partial charge on any atom is 0.403 e. The van der Waals surface area contributed by atoms with Crippen molar-refractivity contribution in [2.45, 2.75) is 25.6 Å². The van der Waals surface area contributed by atoms with E-state index >= 15 is 0 Å². The fourth-order valence-electron chi connectivity index (χ4n) is 3.19. The Morgan fingerprint density at radius 2 is 1.90 bits per heavy atom. The summed E-state index contributed by atoms with van der Waals surface area (Å²) in [6.45, 7) is 3.49. The van der Waals surface area contributed by atoms with Crippen LogP contribution in [0.5, 0.6) is 0 Å². The van der Waals surface area contributed by atoms with Gasteiger partial charge in [0.1, 0.15) is 6.04 Å². The van der Waals surface area contributed by atoms with Crippen molar-refractivity contribution in [3.8, 4) is 0 Å². The monoisotopic (exact) mass is 527 g/mol. The molecule has 1 amide bonds. The largest absolute Gasteiger partial charge is 0.403 e. The number of hydrogen-bond acceptors (Lipinski definition) is 3. The van der Waals surface area contributed by atoms with Gasteiger partial charge in [-0.05, 0) is 31.0 Å². The number of aliphatic imine (C=N–C) groups is 1. The molecule has 0 spiro atoms. The van der Waals surface area contributed by atoms with E-state index in [0.29, 0.717) is 50.7 Å². The number of hydrogen-bond donors (Lipinski definition) is 2. The van der Waals surface area contributed by atoms with Gasteiger partial charge < -0.3 is 15.5 Å². The summed E-state index contributed by atoms with van der Waals surface area (Å²) in [5.41, 5.74) is 1.63. The summed E-state index contributed by atoms with van der Waals surface area (Å²) < 4.78 is 38.6. The average molecular weight is 527 g/mol. The predicted molar refractivity (Wildman–Crippen MR) is 119 cm³/mol. The van der Waals surface area contributed by atoms with Crippen molar-refractivity contribution in [1.29, 1.82) is 0 Å². The molecular weight excluding hydrogens is 498 g/mol. The highest BCUT2D eigenvalue weighted by atomic mass is 127. The molecule has 1 aliphatic rings. The molecule has 1 aromatic rings. The number of halogens is 4. The number of carbonyl (C=O) groups excluding carboxylic acids is 1. The Labute approximate surface area is 186 Å². The molecule has 2 N–H and O–H groups in total. The molecule has 6 nitrogen and oxygen atoms in total. The van der Waals surface area contributed by atoms with Crippen molar-refractivity contribution in [3.63, 3.8) is 0 Å². The van der Waals surface area contributed by atoms with Gasteiger partial charge in [0.25, 0.3) is 5.91 Å². The van der Waals surface area contributed by atoms with Crippen LogP contribution in [0.1, 0.15) is 22.8 Å². The number of carbonyl (C=O) groups is 1. The van der Waals surface area contributed by atoms with E-state index in [4.69, 9.17) is 0 Å². The number of guanidine groups is 1. The normalized spacial score (nSPS) is 16.8. The van der Waals surface area contributed by atoms with Gasteiger partial charge in [-0.2, -0.15) is 13.2 Å². The smallest absolute Gasteiger partial charge is 0.356 e. The first-order valence-electron chi connectivity index (χ1n) is 9.33. The lowest BCUT2D eigenvalue weighted by Crippen LogP contribution is -2.56. The second-order valence-electron chi connectivity index (χ2n) is 6.74. The van der Waals surface area contributed by atoms with Crippen LogP contribution >= 0.6 is 24.0 Å². The second kappa shape index (κ2) is 11.6. The molecule has 1 aliphatic heterocycles. The van der Waals surface area contributed by atoms with Crippen LogP contribution in [0, 0.1) is 0 Å². The average Bonchev–Trinajstić information content (AvgIpc) is 2.70. The van der Waals surface area contributed by atoms with Crippen molar-refractivity contribution in [1.82, 2.24) is 20.4 Å². The van der Waals surface area contributed by atoms with E-state index in [9.17, 15) is 18.0 Å². The number of nitrogens with one attached hydrogen (secondary N) is 2. The molecule has 164 valence electrons. The summed E-state index contributed by atoms with van der Waals surface area (Å²) in [7, 11) is 3.26. The summed E-state index contributed by atoms with van der Waals surface area (Å²) >= 11 is 0. The lowest BCUT2D eigenvalue weighted by Gasteiger charge is -2.39. The van der Waals surface area contributed by atoms with Crippen LogP contribution in [0.25, 0.3) is 0 Å². The standard InChI is InChI=1S/C19H28F3N5O.HI/c1-14(19(20,21)22)26-9-11-27(12-10-26)18(24-3)25-8-7-15-5-4-6-16(13-15)17(28)23-2;/h4-6,13-14H,7-12H2,1-3H3,(H,23,28)(H,24,25);1H. The molecule has 1 atom stereocenters. The third kappa shape index (κ3) is 7.32. The highest BCUT2D eigenvalue weighted by molar-refractivity contribution is 14.0. The van der Waals surface area contributed by atoms with Crippen LogP contribution in [0.2, 0.25) is 0 Å². The van der Waals surface area contributed by atoms with Crippen molar-refractivity contribution in [2.24, 2.45) is 4.99 Å². The van der Waals surface area contributed by atoms with Crippen LogP contribution in [0.3, 0.4) is 0 Å². The third-order valence-corrected chi connectivity index (χ3v) is 4.96. The Morgan fingerprint density at radius 1 is 1.24 bits per heavy atom. The Morgan fingerprint density at radius 3 is 2.45 bits per heavy atom. The molecule has 1 saturated heterocycles. The molecule has 0 aromatic heterocycles. The van der Waals surface area contributed by atoms with Crippen LogP contribution in [-0.2, 0) is 6.42 Å². The zero-order valence-electron chi connectivity index (χ0n) is 16.9. The molecule has 0 radical (unpaired) electrons. The molecule has 2 rings (SSSR count). The van der Waals surface area contributed by atoms with Crippen LogP contribution < -0.4 is 10.6 Å². The summed E-state index contributed by atoms with van der Waals surface area (Å²) in [6.07, 6.45) is -3.50. The van der Waals surface area contributed by atoms with Gasteiger partial charge in [0.15, 0.2) is 5.96 Å². The topological polar surface area (TPSA) is 60.0 Å². The molecule has 1 unspecified atom stereocenters. The fraction of sp³-hybridized carbons (Fsp3) is 0.579. The molecule has 1 fully saturated rings. The molecule has 10 heteroatoms. The minimum Gasteiger partial charge on any atom is -0.356 e. The van der Waals surface area contributed by atoms with E-state index < -0.39 is 12.2 Å². The van der Waals surface area contributed by atoms with Crippen molar-refractivity contribution in [2.75, 3.05) is 46.8 Å².